The third-order valence-corrected chi connectivity index (χ3v) is 2.91. The van der Waals surface area contributed by atoms with E-state index in [1.54, 1.807) is 6.33 Å². The highest BCUT2D eigenvalue weighted by Crippen LogP contribution is 2.22. The first-order chi connectivity index (χ1) is 8.06. The Morgan fingerprint density at radius 2 is 2.29 bits per heavy atom. The molecule has 1 aromatic heterocycles. The van der Waals surface area contributed by atoms with Gasteiger partial charge in [0, 0.05) is 44.4 Å². The van der Waals surface area contributed by atoms with Crippen LogP contribution in [0.3, 0.4) is 0 Å². The molecule has 0 aromatic carbocycles. The van der Waals surface area contributed by atoms with Crippen LogP contribution in [0.2, 0.25) is 0 Å². The number of rotatable bonds is 6. The van der Waals surface area contributed by atoms with E-state index in [1.165, 1.54) is 6.92 Å². The number of nitrogens with two attached hydrogens (primary N) is 1. The van der Waals surface area contributed by atoms with Crippen LogP contribution in [0.4, 0.5) is 0 Å². The second-order valence-electron chi connectivity index (χ2n) is 4.58. The van der Waals surface area contributed by atoms with Crippen molar-refractivity contribution in [3.63, 3.8) is 0 Å². The summed E-state index contributed by atoms with van der Waals surface area (Å²) < 4.78 is 2.06. The number of nitrogens with one attached hydrogen (secondary N) is 1. The summed E-state index contributed by atoms with van der Waals surface area (Å²) >= 11 is 0. The van der Waals surface area contributed by atoms with Gasteiger partial charge in [0.1, 0.15) is 0 Å². The summed E-state index contributed by atoms with van der Waals surface area (Å²) in [5.74, 6) is 0.789. The molecule has 5 heteroatoms. The molecule has 0 radical (unpaired) electrons. The smallest absolute Gasteiger partial charge is 0.216 e. The van der Waals surface area contributed by atoms with E-state index in [4.69, 9.17) is 5.73 Å². The SMILES string of the molecule is CC(=O)NCCn1cncc1C(CN)C(C)C. The maximum absolute atomic E-state index is 10.8. The molecular weight excluding hydrogens is 216 g/mol. The zero-order valence-electron chi connectivity index (χ0n) is 10.8. The van der Waals surface area contributed by atoms with Gasteiger partial charge in [0.05, 0.1) is 6.33 Å². The van der Waals surface area contributed by atoms with Crippen LogP contribution >= 0.6 is 0 Å². The van der Waals surface area contributed by atoms with Crippen LogP contribution in [0.5, 0.6) is 0 Å². The van der Waals surface area contributed by atoms with E-state index in [0.717, 1.165) is 12.2 Å². The Morgan fingerprint density at radius 3 is 2.82 bits per heavy atom. The Balaban J connectivity index is 2.67. The number of imidazole rings is 1. The lowest BCUT2D eigenvalue weighted by Crippen LogP contribution is -2.26. The van der Waals surface area contributed by atoms with Gasteiger partial charge in [-0.3, -0.25) is 4.79 Å². The first-order valence-electron chi connectivity index (χ1n) is 6.00. The molecule has 1 rings (SSSR count). The predicted octanol–water partition coefficient (Wildman–Crippen LogP) is 0.718. The summed E-state index contributed by atoms with van der Waals surface area (Å²) in [6.45, 7) is 7.80. The van der Waals surface area contributed by atoms with Gasteiger partial charge >= 0.3 is 0 Å². The molecule has 1 amide bonds. The Bertz CT molecular complexity index is 359. The number of amides is 1. The monoisotopic (exact) mass is 238 g/mol. The van der Waals surface area contributed by atoms with Gasteiger partial charge in [-0.2, -0.15) is 0 Å². The van der Waals surface area contributed by atoms with Crippen LogP contribution in [0.25, 0.3) is 0 Å². The number of carbonyl (C=O) groups is 1. The highest BCUT2D eigenvalue weighted by atomic mass is 16.1. The fraction of sp³-hybridized carbons (Fsp3) is 0.667. The molecule has 0 fully saturated rings. The van der Waals surface area contributed by atoms with Crippen LogP contribution in [-0.2, 0) is 11.3 Å². The van der Waals surface area contributed by atoms with Crippen molar-refractivity contribution >= 4 is 5.91 Å². The quantitative estimate of drug-likeness (QED) is 0.767. The molecule has 0 saturated heterocycles. The second kappa shape index (κ2) is 6.39. The third-order valence-electron chi connectivity index (χ3n) is 2.91. The molecule has 96 valence electrons. The average Bonchev–Trinajstić information content (AvgIpc) is 2.66. The third kappa shape index (κ3) is 3.85. The van der Waals surface area contributed by atoms with Gasteiger partial charge in [-0.05, 0) is 5.92 Å². The average molecular weight is 238 g/mol. The molecular formula is C12H22N4O. The molecule has 17 heavy (non-hydrogen) atoms. The molecule has 1 atom stereocenters. The Kier molecular flexibility index (Phi) is 5.15. The standard InChI is InChI=1S/C12H22N4O/c1-9(2)11(6-13)12-7-14-8-16(12)5-4-15-10(3)17/h7-9,11H,4-6,13H2,1-3H3,(H,15,17). The fourth-order valence-corrected chi connectivity index (χ4v) is 1.91. The minimum Gasteiger partial charge on any atom is -0.355 e. The fourth-order valence-electron chi connectivity index (χ4n) is 1.91. The van der Waals surface area contributed by atoms with E-state index in [2.05, 4.69) is 28.7 Å². The molecule has 5 nitrogen and oxygen atoms in total. The summed E-state index contributed by atoms with van der Waals surface area (Å²) in [6, 6.07) is 0. The zero-order valence-corrected chi connectivity index (χ0v) is 10.8. The summed E-state index contributed by atoms with van der Waals surface area (Å²) in [7, 11) is 0. The van der Waals surface area contributed by atoms with Crippen molar-refractivity contribution in [3.8, 4) is 0 Å². The number of aromatic nitrogens is 2. The molecule has 0 aliphatic carbocycles. The topological polar surface area (TPSA) is 72.9 Å². The summed E-state index contributed by atoms with van der Waals surface area (Å²) in [4.78, 5) is 15.0. The van der Waals surface area contributed by atoms with Crippen LogP contribution in [0, 0.1) is 5.92 Å². The van der Waals surface area contributed by atoms with Crippen molar-refractivity contribution in [2.75, 3.05) is 13.1 Å². The van der Waals surface area contributed by atoms with Gasteiger partial charge in [0.25, 0.3) is 0 Å². The Hall–Kier alpha value is -1.36. The number of hydrogen-bond acceptors (Lipinski definition) is 3. The van der Waals surface area contributed by atoms with E-state index in [-0.39, 0.29) is 5.91 Å². The Morgan fingerprint density at radius 1 is 1.59 bits per heavy atom. The Labute approximate surface area is 102 Å². The van der Waals surface area contributed by atoms with E-state index in [0.29, 0.717) is 24.9 Å². The van der Waals surface area contributed by atoms with E-state index < -0.39 is 0 Å². The van der Waals surface area contributed by atoms with Gasteiger partial charge in [-0.1, -0.05) is 13.8 Å². The lowest BCUT2D eigenvalue weighted by atomic mass is 9.93. The molecule has 0 aliphatic rings. The van der Waals surface area contributed by atoms with Gasteiger partial charge in [0.2, 0.25) is 5.91 Å². The maximum Gasteiger partial charge on any atom is 0.216 e. The number of carbonyl (C=O) groups excluding carboxylic acids is 1. The first-order valence-corrected chi connectivity index (χ1v) is 6.00. The lowest BCUT2D eigenvalue weighted by molar-refractivity contribution is -0.118. The van der Waals surface area contributed by atoms with E-state index >= 15 is 0 Å². The molecule has 0 bridgehead atoms. The van der Waals surface area contributed by atoms with Crippen molar-refractivity contribution in [3.05, 3.63) is 18.2 Å². The summed E-state index contributed by atoms with van der Waals surface area (Å²) in [5, 5.41) is 2.78. The van der Waals surface area contributed by atoms with E-state index in [1.807, 2.05) is 6.20 Å². The van der Waals surface area contributed by atoms with Crippen LogP contribution in [-0.4, -0.2) is 28.5 Å². The number of nitrogens with zero attached hydrogens (tertiary/aromatic N) is 2. The molecule has 1 unspecified atom stereocenters. The van der Waals surface area contributed by atoms with Crippen molar-refractivity contribution in [1.82, 2.24) is 14.9 Å². The molecule has 0 spiro atoms. The maximum atomic E-state index is 10.8. The van der Waals surface area contributed by atoms with Gasteiger partial charge in [-0.25, -0.2) is 4.98 Å². The number of hydrogen-bond donors (Lipinski definition) is 2. The van der Waals surface area contributed by atoms with Crippen molar-refractivity contribution in [2.45, 2.75) is 33.2 Å². The highest BCUT2D eigenvalue weighted by molar-refractivity contribution is 5.72. The minimum atomic E-state index is -0.00843. The minimum absolute atomic E-state index is 0.00843. The predicted molar refractivity (Wildman–Crippen MR) is 67.5 cm³/mol. The van der Waals surface area contributed by atoms with Crippen molar-refractivity contribution in [1.29, 1.82) is 0 Å². The van der Waals surface area contributed by atoms with Gasteiger partial charge in [0.15, 0.2) is 0 Å². The summed E-state index contributed by atoms with van der Waals surface area (Å²) in [6.07, 6.45) is 3.66. The van der Waals surface area contributed by atoms with Crippen LogP contribution in [0.1, 0.15) is 32.4 Å². The lowest BCUT2D eigenvalue weighted by Gasteiger charge is -2.20. The van der Waals surface area contributed by atoms with E-state index in [9.17, 15) is 4.79 Å². The van der Waals surface area contributed by atoms with Crippen LogP contribution in [0.15, 0.2) is 12.5 Å². The molecule has 0 aliphatic heterocycles. The van der Waals surface area contributed by atoms with Gasteiger partial charge < -0.3 is 15.6 Å². The first kappa shape index (κ1) is 13.7. The molecule has 0 saturated carbocycles. The van der Waals surface area contributed by atoms with Crippen LogP contribution < -0.4 is 11.1 Å². The second-order valence-corrected chi connectivity index (χ2v) is 4.58. The zero-order chi connectivity index (χ0) is 12.8. The largest absolute Gasteiger partial charge is 0.355 e. The molecule has 3 N–H and O–H groups in total. The van der Waals surface area contributed by atoms with Gasteiger partial charge in [-0.15, -0.1) is 0 Å². The summed E-state index contributed by atoms with van der Waals surface area (Å²) in [5.41, 5.74) is 6.95. The normalized spacial score (nSPS) is 12.8. The molecule has 1 heterocycles. The van der Waals surface area contributed by atoms with Crippen molar-refractivity contribution in [2.24, 2.45) is 11.7 Å². The highest BCUT2D eigenvalue weighted by Gasteiger charge is 2.17. The molecule has 1 aromatic rings. The van der Waals surface area contributed by atoms with Crippen molar-refractivity contribution < 1.29 is 4.79 Å².